The Kier molecular flexibility index (Phi) is 3.53. The average molecular weight is 318 g/mol. The number of hydrogen-bond donors (Lipinski definition) is 0. The SMILES string of the molecule is CC(Br)S(=O)(=O)c1cccc(C2=NOCC2)c1. The Bertz CT molecular complexity index is 552. The van der Waals surface area contributed by atoms with Crippen LogP contribution in [0.1, 0.15) is 18.9 Å². The predicted octanol–water partition coefficient (Wildman–Crippen LogP) is 2.33. The van der Waals surface area contributed by atoms with Crippen LogP contribution < -0.4 is 0 Å². The van der Waals surface area contributed by atoms with Crippen molar-refractivity contribution in [1.29, 1.82) is 0 Å². The van der Waals surface area contributed by atoms with E-state index in [0.29, 0.717) is 17.9 Å². The zero-order valence-electron chi connectivity index (χ0n) is 9.26. The number of hydrogen-bond acceptors (Lipinski definition) is 4. The van der Waals surface area contributed by atoms with Gasteiger partial charge in [0.25, 0.3) is 0 Å². The second-order valence-electron chi connectivity index (χ2n) is 3.74. The molecule has 0 spiro atoms. The lowest BCUT2D eigenvalue weighted by Crippen LogP contribution is -2.12. The highest BCUT2D eigenvalue weighted by Crippen LogP contribution is 2.22. The summed E-state index contributed by atoms with van der Waals surface area (Å²) in [6.07, 6.45) is 0.716. The molecule has 1 aromatic carbocycles. The molecule has 0 aliphatic carbocycles. The number of sulfone groups is 1. The molecular formula is C11H12BrNO3S. The molecule has 0 radical (unpaired) electrons. The molecule has 0 aromatic heterocycles. The molecule has 92 valence electrons. The lowest BCUT2D eigenvalue weighted by Gasteiger charge is -2.07. The first-order chi connectivity index (χ1) is 8.01. The molecule has 4 nitrogen and oxygen atoms in total. The Morgan fingerprint density at radius 2 is 2.24 bits per heavy atom. The topological polar surface area (TPSA) is 55.7 Å². The highest BCUT2D eigenvalue weighted by molar-refractivity contribution is 9.11. The van der Waals surface area contributed by atoms with Crippen molar-refractivity contribution in [2.75, 3.05) is 6.61 Å². The largest absolute Gasteiger partial charge is 0.395 e. The van der Waals surface area contributed by atoms with Crippen LogP contribution in [0, 0.1) is 0 Å². The molecule has 0 saturated carbocycles. The molecule has 1 aromatic rings. The van der Waals surface area contributed by atoms with Crippen molar-refractivity contribution in [1.82, 2.24) is 0 Å². The van der Waals surface area contributed by atoms with Gasteiger partial charge in [0.2, 0.25) is 0 Å². The summed E-state index contributed by atoms with van der Waals surface area (Å²) in [6, 6.07) is 6.79. The highest BCUT2D eigenvalue weighted by Gasteiger charge is 2.21. The quantitative estimate of drug-likeness (QED) is 0.804. The second kappa shape index (κ2) is 4.78. The maximum Gasteiger partial charge on any atom is 0.190 e. The van der Waals surface area contributed by atoms with Crippen molar-refractivity contribution in [3.05, 3.63) is 29.8 Å². The molecule has 0 N–H and O–H groups in total. The molecular weight excluding hydrogens is 306 g/mol. The van der Waals surface area contributed by atoms with Gasteiger partial charge in [-0.25, -0.2) is 8.42 Å². The monoisotopic (exact) mass is 317 g/mol. The maximum atomic E-state index is 12.0. The van der Waals surface area contributed by atoms with Gasteiger partial charge in [-0.1, -0.05) is 33.2 Å². The molecule has 1 atom stereocenters. The molecule has 1 aliphatic heterocycles. The third kappa shape index (κ3) is 2.52. The molecule has 2 rings (SSSR count). The molecule has 0 bridgehead atoms. The zero-order valence-corrected chi connectivity index (χ0v) is 11.7. The van der Waals surface area contributed by atoms with Crippen molar-refractivity contribution in [3.8, 4) is 0 Å². The van der Waals surface area contributed by atoms with Crippen LogP contribution in [0.3, 0.4) is 0 Å². The summed E-state index contributed by atoms with van der Waals surface area (Å²) in [6.45, 7) is 2.15. The van der Waals surface area contributed by atoms with E-state index in [1.54, 1.807) is 25.1 Å². The summed E-state index contributed by atoms with van der Waals surface area (Å²) in [5, 5.41) is 3.88. The van der Waals surface area contributed by atoms with E-state index in [2.05, 4.69) is 21.1 Å². The van der Waals surface area contributed by atoms with Crippen LogP contribution in [0.25, 0.3) is 0 Å². The van der Waals surface area contributed by atoms with Gasteiger partial charge in [0.1, 0.15) is 10.8 Å². The summed E-state index contributed by atoms with van der Waals surface area (Å²) in [7, 11) is -3.31. The van der Waals surface area contributed by atoms with Gasteiger partial charge < -0.3 is 4.84 Å². The summed E-state index contributed by atoms with van der Waals surface area (Å²) < 4.78 is 23.4. The molecule has 1 aliphatic rings. The highest BCUT2D eigenvalue weighted by atomic mass is 79.9. The van der Waals surface area contributed by atoms with Gasteiger partial charge in [-0.15, -0.1) is 0 Å². The first-order valence-corrected chi connectivity index (χ1v) is 7.65. The van der Waals surface area contributed by atoms with Gasteiger partial charge in [0.15, 0.2) is 9.84 Å². The van der Waals surface area contributed by atoms with E-state index in [0.717, 1.165) is 11.3 Å². The van der Waals surface area contributed by atoms with E-state index in [4.69, 9.17) is 4.84 Å². The fourth-order valence-electron chi connectivity index (χ4n) is 1.55. The Morgan fingerprint density at radius 1 is 1.47 bits per heavy atom. The summed E-state index contributed by atoms with van der Waals surface area (Å²) in [5.41, 5.74) is 1.60. The predicted molar refractivity (Wildman–Crippen MR) is 69.1 cm³/mol. The lowest BCUT2D eigenvalue weighted by molar-refractivity contribution is 0.174. The number of oxime groups is 1. The molecule has 0 amide bonds. The summed E-state index contributed by atoms with van der Waals surface area (Å²) >= 11 is 3.10. The van der Waals surface area contributed by atoms with Gasteiger partial charge in [0, 0.05) is 12.0 Å². The van der Waals surface area contributed by atoms with Crippen LogP contribution in [0.15, 0.2) is 34.3 Å². The van der Waals surface area contributed by atoms with Crippen molar-refractivity contribution >= 4 is 31.5 Å². The van der Waals surface area contributed by atoms with Crippen molar-refractivity contribution in [3.63, 3.8) is 0 Å². The molecule has 1 heterocycles. The van der Waals surface area contributed by atoms with Crippen LogP contribution in [-0.4, -0.2) is 24.9 Å². The van der Waals surface area contributed by atoms with Crippen LogP contribution in [0.5, 0.6) is 0 Å². The Labute approximate surface area is 109 Å². The third-order valence-electron chi connectivity index (χ3n) is 2.53. The summed E-state index contributed by atoms with van der Waals surface area (Å²) in [5.74, 6) is 0. The van der Waals surface area contributed by atoms with Gasteiger partial charge in [0.05, 0.1) is 10.6 Å². The molecule has 0 fully saturated rings. The molecule has 1 unspecified atom stereocenters. The van der Waals surface area contributed by atoms with Gasteiger partial charge in [-0.2, -0.15) is 0 Å². The third-order valence-corrected chi connectivity index (χ3v) is 5.77. The first-order valence-electron chi connectivity index (χ1n) is 5.19. The Hall–Kier alpha value is -0.880. The number of halogens is 1. The van der Waals surface area contributed by atoms with Crippen LogP contribution in [-0.2, 0) is 14.7 Å². The number of rotatable bonds is 3. The normalized spacial score (nSPS) is 17.4. The van der Waals surface area contributed by atoms with Crippen LogP contribution >= 0.6 is 15.9 Å². The molecule has 0 saturated heterocycles. The second-order valence-corrected chi connectivity index (χ2v) is 7.99. The smallest absolute Gasteiger partial charge is 0.190 e. The van der Waals surface area contributed by atoms with Gasteiger partial charge >= 0.3 is 0 Å². The van der Waals surface area contributed by atoms with E-state index in [1.165, 1.54) is 0 Å². The molecule has 17 heavy (non-hydrogen) atoms. The zero-order chi connectivity index (χ0) is 12.5. The number of benzene rings is 1. The minimum atomic E-state index is -3.31. The van der Waals surface area contributed by atoms with E-state index in [9.17, 15) is 8.42 Å². The van der Waals surface area contributed by atoms with E-state index >= 15 is 0 Å². The number of alkyl halides is 1. The van der Waals surface area contributed by atoms with Gasteiger partial charge in [-0.3, -0.25) is 0 Å². The molecule has 6 heteroatoms. The van der Waals surface area contributed by atoms with E-state index in [-0.39, 0.29) is 0 Å². The van der Waals surface area contributed by atoms with Crippen molar-refractivity contribution in [2.24, 2.45) is 5.16 Å². The summed E-state index contributed by atoms with van der Waals surface area (Å²) in [4.78, 5) is 5.21. The van der Waals surface area contributed by atoms with E-state index in [1.807, 2.05) is 6.07 Å². The maximum absolute atomic E-state index is 12.0. The standard InChI is InChI=1S/C11H12BrNO3S/c1-8(12)17(14,15)10-4-2-3-9(7-10)11-5-6-16-13-11/h2-4,7-8H,5-6H2,1H3. The van der Waals surface area contributed by atoms with Crippen LogP contribution in [0.4, 0.5) is 0 Å². The van der Waals surface area contributed by atoms with E-state index < -0.39 is 14.0 Å². The fraction of sp³-hybridized carbons (Fsp3) is 0.364. The van der Waals surface area contributed by atoms with Gasteiger partial charge in [-0.05, 0) is 19.1 Å². The van der Waals surface area contributed by atoms with Crippen LogP contribution in [0.2, 0.25) is 0 Å². The fourth-order valence-corrected chi connectivity index (χ4v) is 3.13. The number of nitrogens with zero attached hydrogens (tertiary/aromatic N) is 1. The lowest BCUT2D eigenvalue weighted by atomic mass is 10.1. The minimum Gasteiger partial charge on any atom is -0.395 e. The van der Waals surface area contributed by atoms with Crippen molar-refractivity contribution in [2.45, 2.75) is 22.4 Å². The first kappa shape index (κ1) is 12.6. The Morgan fingerprint density at radius 3 is 2.82 bits per heavy atom. The Balaban J connectivity index is 2.42. The average Bonchev–Trinajstić information content (AvgIpc) is 2.82. The van der Waals surface area contributed by atoms with Crippen molar-refractivity contribution < 1.29 is 13.3 Å². The minimum absolute atomic E-state index is 0.300.